The van der Waals surface area contributed by atoms with Crippen LogP contribution in [0, 0.1) is 10.1 Å². The molecule has 2 aliphatic rings. The number of fused-ring (bicyclic) bond motifs is 1. The first-order valence-electron chi connectivity index (χ1n) is 20.0. The standard InChI is InChI=1S/C39H66N4O9/c1-3-4-5-6-7-8-9-10-11-13-16-19-22-25-38(45)49-31-34(51-33(2)44)32-50-39(46)26-23-20-17-14-12-15-18-21-24-29-40-35-27-28-37(43(47)48)42-36(35)30-41-52-42/h27-28,30,34,40-41H,3-26,29,31-32H2,1-2H3. The van der Waals surface area contributed by atoms with Crippen LogP contribution in [0.25, 0.3) is 0 Å². The van der Waals surface area contributed by atoms with Gasteiger partial charge >= 0.3 is 23.7 Å². The Balaban J connectivity index is 1.40. The SMILES string of the molecule is CCCCCCCCCCCCCCCC(=O)OCC(COC(=O)CCCCCCCCCCCNC1=CC=C([N+](=O)[O-])N2ONC=C12)OC(C)=O. The lowest BCUT2D eigenvalue weighted by Crippen LogP contribution is -2.31. The summed E-state index contributed by atoms with van der Waals surface area (Å²) >= 11 is 0. The predicted octanol–water partition coefficient (Wildman–Crippen LogP) is 8.59. The summed E-state index contributed by atoms with van der Waals surface area (Å²) in [6.07, 6.45) is 30.0. The van der Waals surface area contributed by atoms with Crippen LogP contribution in [0.4, 0.5) is 0 Å². The van der Waals surface area contributed by atoms with E-state index in [4.69, 9.17) is 19.1 Å². The van der Waals surface area contributed by atoms with Gasteiger partial charge in [0.1, 0.15) is 13.2 Å². The maximum absolute atomic E-state index is 12.3. The van der Waals surface area contributed by atoms with E-state index in [0.717, 1.165) is 94.4 Å². The number of nitrogens with zero attached hydrogens (tertiary/aromatic N) is 2. The highest BCUT2D eigenvalue weighted by Crippen LogP contribution is 2.27. The average Bonchev–Trinajstić information content (AvgIpc) is 3.62. The van der Waals surface area contributed by atoms with Crippen LogP contribution in [-0.4, -0.2) is 53.8 Å². The van der Waals surface area contributed by atoms with E-state index in [1.165, 1.54) is 77.2 Å². The third kappa shape index (κ3) is 21.0. The highest BCUT2D eigenvalue weighted by atomic mass is 16.8. The summed E-state index contributed by atoms with van der Waals surface area (Å²) in [4.78, 5) is 51.7. The first-order valence-corrected chi connectivity index (χ1v) is 20.0. The van der Waals surface area contributed by atoms with Crippen molar-refractivity contribution in [1.29, 1.82) is 0 Å². The summed E-state index contributed by atoms with van der Waals surface area (Å²) in [5.74, 6) is -1.32. The maximum atomic E-state index is 12.3. The zero-order valence-electron chi connectivity index (χ0n) is 32.0. The second-order valence-corrected chi connectivity index (χ2v) is 13.8. The van der Waals surface area contributed by atoms with Crippen LogP contribution in [0.3, 0.4) is 0 Å². The fourth-order valence-electron chi connectivity index (χ4n) is 6.20. The van der Waals surface area contributed by atoms with Gasteiger partial charge in [0.15, 0.2) is 6.10 Å². The molecule has 0 aromatic heterocycles. The summed E-state index contributed by atoms with van der Waals surface area (Å²) in [7, 11) is 0. The summed E-state index contributed by atoms with van der Waals surface area (Å²) in [6.45, 7) is 4.05. The molecular weight excluding hydrogens is 668 g/mol. The summed E-state index contributed by atoms with van der Waals surface area (Å²) < 4.78 is 15.9. The molecule has 2 rings (SSSR count). The van der Waals surface area contributed by atoms with Crippen LogP contribution < -0.4 is 10.8 Å². The van der Waals surface area contributed by atoms with Crippen molar-refractivity contribution in [3.05, 3.63) is 45.7 Å². The smallest absolute Gasteiger partial charge is 0.355 e. The fraction of sp³-hybridized carbons (Fsp3) is 0.769. The zero-order chi connectivity index (χ0) is 37.7. The molecule has 0 aromatic carbocycles. The molecule has 2 aliphatic heterocycles. The Hall–Kier alpha value is -3.61. The van der Waals surface area contributed by atoms with Gasteiger partial charge in [-0.25, -0.2) is 5.48 Å². The molecule has 0 saturated heterocycles. The van der Waals surface area contributed by atoms with E-state index in [1.54, 1.807) is 12.3 Å². The van der Waals surface area contributed by atoms with Gasteiger partial charge in [0.05, 0.1) is 11.9 Å². The Morgan fingerprint density at radius 2 is 1.21 bits per heavy atom. The van der Waals surface area contributed by atoms with Crippen molar-refractivity contribution in [2.45, 2.75) is 174 Å². The number of carbonyl (C=O) groups excluding carboxylic acids is 3. The third-order valence-corrected chi connectivity index (χ3v) is 9.18. The van der Waals surface area contributed by atoms with E-state index in [0.29, 0.717) is 18.5 Å². The van der Waals surface area contributed by atoms with E-state index >= 15 is 0 Å². The Morgan fingerprint density at radius 1 is 0.750 bits per heavy atom. The second kappa shape index (κ2) is 28.9. The lowest BCUT2D eigenvalue weighted by molar-refractivity contribution is -0.465. The molecule has 296 valence electrons. The number of ether oxygens (including phenoxy) is 3. The number of esters is 3. The molecule has 0 fully saturated rings. The van der Waals surface area contributed by atoms with Crippen molar-refractivity contribution in [2.24, 2.45) is 0 Å². The zero-order valence-corrected chi connectivity index (χ0v) is 32.0. The lowest BCUT2D eigenvalue weighted by atomic mass is 10.0. The second-order valence-electron chi connectivity index (χ2n) is 13.8. The van der Waals surface area contributed by atoms with E-state index in [-0.39, 0.29) is 31.0 Å². The minimum atomic E-state index is -0.805. The highest BCUT2D eigenvalue weighted by molar-refractivity contribution is 5.70. The molecular formula is C39H66N4O9. The molecule has 2 N–H and O–H groups in total. The summed E-state index contributed by atoms with van der Waals surface area (Å²) in [5.41, 5.74) is 3.91. The third-order valence-electron chi connectivity index (χ3n) is 9.18. The van der Waals surface area contributed by atoms with Gasteiger partial charge in [-0.3, -0.25) is 14.4 Å². The van der Waals surface area contributed by atoms with Crippen LogP contribution in [0.5, 0.6) is 0 Å². The van der Waals surface area contributed by atoms with Crippen LogP contribution in [0.2, 0.25) is 0 Å². The molecule has 2 heterocycles. The Kier molecular flexibility index (Phi) is 24.8. The molecule has 0 radical (unpaired) electrons. The van der Waals surface area contributed by atoms with Crippen molar-refractivity contribution >= 4 is 17.9 Å². The fourth-order valence-corrected chi connectivity index (χ4v) is 6.20. The number of allylic oxidation sites excluding steroid dienone is 2. The van der Waals surface area contributed by atoms with Crippen molar-refractivity contribution in [1.82, 2.24) is 15.9 Å². The molecule has 52 heavy (non-hydrogen) atoms. The molecule has 13 heteroatoms. The van der Waals surface area contributed by atoms with Crippen LogP contribution >= 0.6 is 0 Å². The number of nitro groups is 1. The monoisotopic (exact) mass is 734 g/mol. The number of hydrogen-bond acceptors (Lipinski definition) is 12. The molecule has 0 aliphatic carbocycles. The quantitative estimate of drug-likeness (QED) is 0.0218. The van der Waals surface area contributed by atoms with Gasteiger partial charge < -0.3 is 29.6 Å². The Morgan fingerprint density at radius 3 is 1.67 bits per heavy atom. The minimum absolute atomic E-state index is 0.118. The molecule has 1 atom stereocenters. The normalized spacial score (nSPS) is 14.0. The summed E-state index contributed by atoms with van der Waals surface area (Å²) in [6, 6.07) is 0. The number of hydrogen-bond donors (Lipinski definition) is 2. The van der Waals surface area contributed by atoms with Crippen molar-refractivity contribution in [2.75, 3.05) is 19.8 Å². The maximum Gasteiger partial charge on any atom is 0.355 e. The van der Waals surface area contributed by atoms with E-state index in [1.807, 2.05) is 0 Å². The largest absolute Gasteiger partial charge is 0.462 e. The molecule has 0 saturated carbocycles. The number of hydroxylamine groups is 3. The molecule has 0 spiro atoms. The van der Waals surface area contributed by atoms with Gasteiger partial charge in [0, 0.05) is 32.4 Å². The number of unbranched alkanes of at least 4 members (excludes halogenated alkanes) is 20. The van der Waals surface area contributed by atoms with Gasteiger partial charge in [-0.2, -0.15) is 0 Å². The molecule has 0 aromatic rings. The van der Waals surface area contributed by atoms with Crippen molar-refractivity contribution in [3.8, 4) is 0 Å². The van der Waals surface area contributed by atoms with Crippen LogP contribution in [0.15, 0.2) is 35.6 Å². The molecule has 0 bridgehead atoms. The average molecular weight is 735 g/mol. The van der Waals surface area contributed by atoms with Gasteiger partial charge in [0.2, 0.25) is 5.70 Å². The molecule has 13 nitrogen and oxygen atoms in total. The molecule has 1 unspecified atom stereocenters. The topological polar surface area (TPSA) is 159 Å². The lowest BCUT2D eigenvalue weighted by Gasteiger charge is -2.18. The number of rotatable bonds is 33. The molecule has 0 amide bonds. The van der Waals surface area contributed by atoms with Gasteiger partial charge in [-0.1, -0.05) is 134 Å². The Bertz CT molecular complexity index is 1140. The first kappa shape index (κ1) is 44.6. The predicted molar refractivity (Wildman–Crippen MR) is 199 cm³/mol. The van der Waals surface area contributed by atoms with Crippen molar-refractivity contribution < 1.29 is 38.5 Å². The highest BCUT2D eigenvalue weighted by Gasteiger charge is 2.37. The minimum Gasteiger partial charge on any atom is -0.462 e. The van der Waals surface area contributed by atoms with Gasteiger partial charge in [-0.05, 0) is 35.3 Å². The first-order chi connectivity index (χ1) is 25.3. The van der Waals surface area contributed by atoms with Gasteiger partial charge in [0.25, 0.3) is 0 Å². The van der Waals surface area contributed by atoms with Crippen molar-refractivity contribution in [3.63, 3.8) is 0 Å². The number of carbonyl (C=O) groups is 3. The van der Waals surface area contributed by atoms with Gasteiger partial charge in [-0.15, -0.1) is 0 Å². The van der Waals surface area contributed by atoms with E-state index in [9.17, 15) is 24.5 Å². The van der Waals surface area contributed by atoms with E-state index < -0.39 is 17.0 Å². The Labute approximate surface area is 311 Å². The number of nitrogens with one attached hydrogen (secondary N) is 2. The summed E-state index contributed by atoms with van der Waals surface area (Å²) in [5, 5.41) is 15.6. The van der Waals surface area contributed by atoms with E-state index in [2.05, 4.69) is 17.7 Å². The van der Waals surface area contributed by atoms with Crippen LogP contribution in [0.1, 0.15) is 168 Å². The van der Waals surface area contributed by atoms with Crippen LogP contribution in [-0.2, 0) is 33.5 Å².